The average Bonchev–Trinajstić information content (AvgIpc) is 2.98. The van der Waals surface area contributed by atoms with E-state index in [0.717, 1.165) is 0 Å². The van der Waals surface area contributed by atoms with Gasteiger partial charge in [0.2, 0.25) is 10.0 Å². The number of amides is 1. The molecule has 9 heteroatoms. The van der Waals surface area contributed by atoms with Gasteiger partial charge in [0.25, 0.3) is 5.91 Å². The molecule has 0 fully saturated rings. The van der Waals surface area contributed by atoms with Crippen LogP contribution in [-0.4, -0.2) is 14.3 Å². The van der Waals surface area contributed by atoms with Crippen LogP contribution in [0.5, 0.6) is 0 Å². The fourth-order valence-electron chi connectivity index (χ4n) is 1.73. The van der Waals surface area contributed by atoms with Crippen molar-refractivity contribution >= 4 is 33.6 Å². The lowest BCUT2D eigenvalue weighted by molar-refractivity contribution is -0.114. The zero-order valence-electron chi connectivity index (χ0n) is 12.2. The fraction of sp³-hybridized carbons (Fsp3) is 0.0667. The first-order valence-electron chi connectivity index (χ1n) is 6.57. The summed E-state index contributed by atoms with van der Waals surface area (Å²) < 4.78 is 32.0. The number of halogens is 1. The average molecular weight is 366 g/mol. The van der Waals surface area contributed by atoms with Crippen LogP contribution < -0.4 is 10.5 Å². The number of nitrogens with two attached hydrogens (primary N) is 1. The molecule has 0 unspecified atom stereocenters. The van der Waals surface area contributed by atoms with E-state index in [1.807, 2.05) is 0 Å². The van der Waals surface area contributed by atoms with Crippen molar-refractivity contribution in [3.8, 4) is 6.07 Å². The van der Waals surface area contributed by atoms with Crippen molar-refractivity contribution in [2.24, 2.45) is 5.73 Å². The number of carbonyl (C=O) groups is 1. The van der Waals surface area contributed by atoms with Crippen molar-refractivity contribution in [1.82, 2.24) is 4.72 Å². The Morgan fingerprint density at radius 3 is 2.54 bits per heavy atom. The molecule has 24 heavy (non-hydrogen) atoms. The van der Waals surface area contributed by atoms with E-state index < -0.39 is 15.9 Å². The molecular weight excluding hydrogens is 354 g/mol. The molecule has 3 N–H and O–H groups in total. The zero-order chi connectivity index (χ0) is 17.7. The molecule has 1 aromatic heterocycles. The van der Waals surface area contributed by atoms with Gasteiger partial charge >= 0.3 is 0 Å². The molecule has 0 aliphatic carbocycles. The van der Waals surface area contributed by atoms with E-state index in [1.54, 1.807) is 6.07 Å². The molecule has 2 aromatic rings. The Labute approximate surface area is 143 Å². The standard InChI is InChI=1S/C15H12ClN3O4S/c16-11-1-5-14(6-2-11)24(21,22)19-9-13-4-3-12(23-13)7-10(8-17)15(18)20/h1-7,19H,9H2,(H2,18,20)/b10-7-. The Kier molecular flexibility index (Phi) is 5.41. The molecule has 0 radical (unpaired) electrons. The molecule has 0 aliphatic heterocycles. The second-order valence-corrected chi connectivity index (χ2v) is 6.82. The number of carbonyl (C=O) groups excluding carboxylic acids is 1. The van der Waals surface area contributed by atoms with Gasteiger partial charge in [-0.3, -0.25) is 4.79 Å². The number of nitriles is 1. The second kappa shape index (κ2) is 7.31. The van der Waals surface area contributed by atoms with E-state index in [0.29, 0.717) is 10.8 Å². The summed E-state index contributed by atoms with van der Waals surface area (Å²) in [5.41, 5.74) is 4.75. The summed E-state index contributed by atoms with van der Waals surface area (Å²) >= 11 is 5.72. The van der Waals surface area contributed by atoms with Crippen molar-refractivity contribution in [3.63, 3.8) is 0 Å². The van der Waals surface area contributed by atoms with Crippen LogP contribution in [0.15, 0.2) is 51.3 Å². The van der Waals surface area contributed by atoms with E-state index in [4.69, 9.17) is 27.0 Å². The Morgan fingerprint density at radius 1 is 1.29 bits per heavy atom. The lowest BCUT2D eigenvalue weighted by Gasteiger charge is -2.05. The van der Waals surface area contributed by atoms with E-state index in [9.17, 15) is 13.2 Å². The van der Waals surface area contributed by atoms with Gasteiger partial charge in [-0.1, -0.05) is 11.6 Å². The first kappa shape index (κ1) is 17.7. The van der Waals surface area contributed by atoms with Gasteiger partial charge in [0.1, 0.15) is 23.2 Å². The van der Waals surface area contributed by atoms with Crippen molar-refractivity contribution in [2.75, 3.05) is 0 Å². The molecular formula is C15H12ClN3O4S. The summed E-state index contributed by atoms with van der Waals surface area (Å²) in [6.07, 6.45) is 1.18. The van der Waals surface area contributed by atoms with Gasteiger partial charge in [0.05, 0.1) is 11.4 Å². The first-order chi connectivity index (χ1) is 11.3. The molecule has 0 saturated heterocycles. The van der Waals surface area contributed by atoms with Crippen molar-refractivity contribution < 1.29 is 17.6 Å². The lowest BCUT2D eigenvalue weighted by atomic mass is 10.2. The minimum atomic E-state index is -3.72. The van der Waals surface area contributed by atoms with Gasteiger partial charge in [-0.2, -0.15) is 5.26 Å². The number of sulfonamides is 1. The van der Waals surface area contributed by atoms with Gasteiger partial charge in [-0.25, -0.2) is 13.1 Å². The van der Waals surface area contributed by atoms with Gasteiger partial charge in [-0.15, -0.1) is 0 Å². The highest BCUT2D eigenvalue weighted by molar-refractivity contribution is 7.89. The molecule has 7 nitrogen and oxygen atoms in total. The summed E-state index contributed by atoms with van der Waals surface area (Å²) in [5.74, 6) is -0.356. The monoisotopic (exact) mass is 365 g/mol. The second-order valence-electron chi connectivity index (χ2n) is 4.62. The van der Waals surface area contributed by atoms with Crippen LogP contribution in [0.4, 0.5) is 0 Å². The maximum atomic E-state index is 12.1. The molecule has 124 valence electrons. The predicted octanol–water partition coefficient (Wildman–Crippen LogP) is 1.80. The quantitative estimate of drug-likeness (QED) is 0.596. The van der Waals surface area contributed by atoms with Crippen molar-refractivity contribution in [1.29, 1.82) is 5.26 Å². The van der Waals surface area contributed by atoms with Crippen molar-refractivity contribution in [3.05, 3.63) is 58.5 Å². The number of primary amides is 1. The molecule has 0 aliphatic rings. The van der Waals surface area contributed by atoms with Gasteiger partial charge in [0.15, 0.2) is 0 Å². The van der Waals surface area contributed by atoms with Crippen LogP contribution in [0, 0.1) is 11.3 Å². The number of furan rings is 1. The third-order valence-electron chi connectivity index (χ3n) is 2.92. The highest BCUT2D eigenvalue weighted by atomic mass is 35.5. The highest BCUT2D eigenvalue weighted by Gasteiger charge is 2.14. The maximum Gasteiger partial charge on any atom is 0.259 e. The van der Waals surface area contributed by atoms with Crippen LogP contribution in [0.2, 0.25) is 5.02 Å². The predicted molar refractivity (Wildman–Crippen MR) is 87.0 cm³/mol. The third kappa shape index (κ3) is 4.45. The molecule has 0 bridgehead atoms. The zero-order valence-corrected chi connectivity index (χ0v) is 13.8. The Morgan fingerprint density at radius 2 is 1.96 bits per heavy atom. The fourth-order valence-corrected chi connectivity index (χ4v) is 2.85. The molecule has 1 aromatic carbocycles. The number of benzene rings is 1. The van der Waals surface area contributed by atoms with Crippen molar-refractivity contribution in [2.45, 2.75) is 11.4 Å². The number of hydrogen-bond acceptors (Lipinski definition) is 5. The molecule has 0 spiro atoms. The molecule has 1 heterocycles. The van der Waals surface area contributed by atoms with E-state index >= 15 is 0 Å². The maximum absolute atomic E-state index is 12.1. The van der Waals surface area contributed by atoms with Gasteiger partial charge < -0.3 is 10.2 Å². The van der Waals surface area contributed by atoms with Crippen LogP contribution in [0.25, 0.3) is 6.08 Å². The van der Waals surface area contributed by atoms with E-state index in [-0.39, 0.29) is 22.8 Å². The molecule has 0 saturated carbocycles. The Bertz CT molecular complexity index is 924. The van der Waals surface area contributed by atoms with Crippen LogP contribution in [0.1, 0.15) is 11.5 Å². The largest absolute Gasteiger partial charge is 0.460 e. The van der Waals surface area contributed by atoms with Gasteiger partial charge in [-0.05, 0) is 36.4 Å². The Balaban J connectivity index is 2.09. The number of nitrogens with zero attached hydrogens (tertiary/aromatic N) is 1. The van der Waals surface area contributed by atoms with E-state index in [1.165, 1.54) is 42.5 Å². The highest BCUT2D eigenvalue weighted by Crippen LogP contribution is 2.16. The molecule has 1 amide bonds. The summed E-state index contributed by atoms with van der Waals surface area (Å²) in [6.45, 7) is -0.0999. The summed E-state index contributed by atoms with van der Waals surface area (Å²) in [7, 11) is -3.72. The third-order valence-corrected chi connectivity index (χ3v) is 4.58. The Hall–Kier alpha value is -2.60. The SMILES string of the molecule is N#C/C(=C/c1ccc(CNS(=O)(=O)c2ccc(Cl)cc2)o1)C(N)=O. The van der Waals surface area contributed by atoms with E-state index in [2.05, 4.69) is 4.72 Å². The smallest absolute Gasteiger partial charge is 0.259 e. The first-order valence-corrected chi connectivity index (χ1v) is 8.43. The van der Waals surface area contributed by atoms with Crippen LogP contribution in [0.3, 0.4) is 0 Å². The number of nitrogens with one attached hydrogen (secondary N) is 1. The van der Waals surface area contributed by atoms with Crippen LogP contribution >= 0.6 is 11.6 Å². The molecule has 0 atom stereocenters. The molecule has 2 rings (SSSR count). The van der Waals surface area contributed by atoms with Gasteiger partial charge in [0, 0.05) is 11.1 Å². The minimum Gasteiger partial charge on any atom is -0.460 e. The normalized spacial score (nSPS) is 11.9. The minimum absolute atomic E-state index is 0.0686. The lowest BCUT2D eigenvalue weighted by Crippen LogP contribution is -2.22. The summed E-state index contributed by atoms with van der Waals surface area (Å²) in [4.78, 5) is 11.0. The number of rotatable bonds is 6. The summed E-state index contributed by atoms with van der Waals surface area (Å²) in [5, 5.41) is 9.19. The van der Waals surface area contributed by atoms with Crippen LogP contribution in [-0.2, 0) is 21.4 Å². The number of hydrogen-bond donors (Lipinski definition) is 2. The summed E-state index contributed by atoms with van der Waals surface area (Å²) in [6, 6.07) is 10.4. The topological polar surface area (TPSA) is 126 Å².